The molecule has 0 heterocycles. The molecule has 2 N–H and O–H groups in total. The second kappa shape index (κ2) is 2.70. The van der Waals surface area contributed by atoms with Crippen molar-refractivity contribution in [2.45, 2.75) is 39.2 Å². The Labute approximate surface area is 57.6 Å². The molecule has 2 atom stereocenters. The summed E-state index contributed by atoms with van der Waals surface area (Å²) < 4.78 is 0. The number of hydrogen-bond donors (Lipinski definition) is 1. The van der Waals surface area contributed by atoms with Crippen LogP contribution in [0.4, 0.5) is 0 Å². The molecular weight excluding hydrogens is 110 g/mol. The predicted octanol–water partition coefficient (Wildman–Crippen LogP) is 1.77. The van der Waals surface area contributed by atoms with Gasteiger partial charge in [-0.25, -0.2) is 0 Å². The Kier molecular flexibility index (Phi) is 2.12. The first-order chi connectivity index (χ1) is 4.20. The van der Waals surface area contributed by atoms with E-state index in [4.69, 9.17) is 5.73 Å². The smallest absolute Gasteiger partial charge is 0.00131 e. The first kappa shape index (κ1) is 7.07. The van der Waals surface area contributed by atoms with Crippen LogP contribution in [0.2, 0.25) is 0 Å². The van der Waals surface area contributed by atoms with Gasteiger partial charge in [0.15, 0.2) is 0 Å². The van der Waals surface area contributed by atoms with Crippen molar-refractivity contribution in [2.24, 2.45) is 17.6 Å². The third-order valence-electron chi connectivity index (χ3n) is 2.17. The van der Waals surface area contributed by atoms with Crippen molar-refractivity contribution in [2.75, 3.05) is 0 Å². The maximum atomic E-state index is 5.66. The Morgan fingerprint density at radius 3 is 2.33 bits per heavy atom. The van der Waals surface area contributed by atoms with E-state index in [0.29, 0.717) is 6.04 Å². The third kappa shape index (κ3) is 2.35. The van der Waals surface area contributed by atoms with E-state index < -0.39 is 0 Å². The molecule has 1 aliphatic carbocycles. The molecule has 0 aromatic carbocycles. The van der Waals surface area contributed by atoms with Gasteiger partial charge in [0, 0.05) is 6.04 Å². The number of hydrogen-bond acceptors (Lipinski definition) is 1. The van der Waals surface area contributed by atoms with Crippen LogP contribution in [0, 0.1) is 11.8 Å². The van der Waals surface area contributed by atoms with Crippen LogP contribution < -0.4 is 5.73 Å². The molecule has 9 heavy (non-hydrogen) atoms. The quantitative estimate of drug-likeness (QED) is 0.614. The zero-order chi connectivity index (χ0) is 6.85. The van der Waals surface area contributed by atoms with E-state index in [0.717, 1.165) is 11.8 Å². The summed E-state index contributed by atoms with van der Waals surface area (Å²) in [5, 5.41) is 0. The van der Waals surface area contributed by atoms with E-state index in [-0.39, 0.29) is 0 Å². The molecule has 0 aliphatic heterocycles. The fourth-order valence-corrected chi connectivity index (χ4v) is 1.44. The summed E-state index contributed by atoms with van der Waals surface area (Å²) >= 11 is 0. The van der Waals surface area contributed by atoms with Gasteiger partial charge < -0.3 is 5.73 Å². The van der Waals surface area contributed by atoms with Crippen LogP contribution in [0.15, 0.2) is 0 Å². The molecule has 1 aliphatic rings. The minimum absolute atomic E-state index is 0.403. The third-order valence-corrected chi connectivity index (χ3v) is 2.17. The summed E-state index contributed by atoms with van der Waals surface area (Å²) in [5.41, 5.74) is 5.66. The van der Waals surface area contributed by atoms with Crippen LogP contribution in [-0.2, 0) is 0 Å². The zero-order valence-electron chi connectivity index (χ0n) is 6.43. The van der Waals surface area contributed by atoms with Gasteiger partial charge in [0.1, 0.15) is 0 Å². The topological polar surface area (TPSA) is 26.0 Å². The summed E-state index contributed by atoms with van der Waals surface area (Å²) in [7, 11) is 0. The molecule has 1 heteroatoms. The molecule has 1 unspecified atom stereocenters. The van der Waals surface area contributed by atoms with E-state index in [9.17, 15) is 0 Å². The highest BCUT2D eigenvalue weighted by Crippen LogP contribution is 2.38. The molecule has 0 spiro atoms. The summed E-state index contributed by atoms with van der Waals surface area (Å²) in [6, 6.07) is 0.403. The van der Waals surface area contributed by atoms with E-state index >= 15 is 0 Å². The Bertz CT molecular complexity index is 84.6. The van der Waals surface area contributed by atoms with Crippen LogP contribution in [0.3, 0.4) is 0 Å². The summed E-state index contributed by atoms with van der Waals surface area (Å²) in [5.74, 6) is 1.90. The molecule has 54 valence electrons. The Morgan fingerprint density at radius 1 is 1.44 bits per heavy atom. The Hall–Kier alpha value is -0.0400. The lowest BCUT2D eigenvalue weighted by atomic mass is 9.99. The second-order valence-corrected chi connectivity index (χ2v) is 3.53. The van der Waals surface area contributed by atoms with E-state index in [2.05, 4.69) is 13.8 Å². The largest absolute Gasteiger partial charge is 0.328 e. The average molecular weight is 127 g/mol. The molecule has 0 bridgehead atoms. The van der Waals surface area contributed by atoms with E-state index in [1.807, 2.05) is 0 Å². The molecule has 0 radical (unpaired) electrons. The summed E-state index contributed by atoms with van der Waals surface area (Å²) in [6.07, 6.45) is 4.12. The molecule has 1 nitrogen and oxygen atoms in total. The molecule has 0 aromatic heterocycles. The fourth-order valence-electron chi connectivity index (χ4n) is 1.44. The fraction of sp³-hybridized carbons (Fsp3) is 1.00. The van der Waals surface area contributed by atoms with Crippen molar-refractivity contribution in [3.63, 3.8) is 0 Å². The predicted molar refractivity (Wildman–Crippen MR) is 40.2 cm³/mol. The maximum Gasteiger partial charge on any atom is 0.00131 e. The monoisotopic (exact) mass is 127 g/mol. The highest BCUT2D eigenvalue weighted by molar-refractivity contribution is 4.79. The van der Waals surface area contributed by atoms with Crippen LogP contribution in [0.1, 0.15) is 33.1 Å². The molecule has 0 aromatic rings. The first-order valence-electron chi connectivity index (χ1n) is 3.95. The summed E-state index contributed by atoms with van der Waals surface area (Å²) in [4.78, 5) is 0. The van der Waals surface area contributed by atoms with Gasteiger partial charge >= 0.3 is 0 Å². The highest BCUT2D eigenvalue weighted by Gasteiger charge is 2.27. The van der Waals surface area contributed by atoms with Crippen LogP contribution in [0.25, 0.3) is 0 Å². The van der Waals surface area contributed by atoms with Crippen LogP contribution in [-0.4, -0.2) is 6.04 Å². The van der Waals surface area contributed by atoms with Gasteiger partial charge in [-0.2, -0.15) is 0 Å². The van der Waals surface area contributed by atoms with Gasteiger partial charge in [0.2, 0.25) is 0 Å². The van der Waals surface area contributed by atoms with E-state index in [1.54, 1.807) is 0 Å². The SMILES string of the molecule is CC(C[C@H](C)N)C1CC1. The molecule has 0 saturated heterocycles. The van der Waals surface area contributed by atoms with Crippen LogP contribution >= 0.6 is 0 Å². The molecule has 1 rings (SSSR count). The molecule has 1 fully saturated rings. The zero-order valence-corrected chi connectivity index (χ0v) is 6.43. The maximum absolute atomic E-state index is 5.66. The lowest BCUT2D eigenvalue weighted by Gasteiger charge is -2.11. The lowest BCUT2D eigenvalue weighted by Crippen LogP contribution is -2.18. The van der Waals surface area contributed by atoms with Gasteiger partial charge in [-0.05, 0) is 38.0 Å². The van der Waals surface area contributed by atoms with Gasteiger partial charge in [-0.1, -0.05) is 6.92 Å². The normalized spacial score (nSPS) is 25.7. The van der Waals surface area contributed by atoms with Crippen molar-refractivity contribution in [3.05, 3.63) is 0 Å². The van der Waals surface area contributed by atoms with E-state index in [1.165, 1.54) is 19.3 Å². The van der Waals surface area contributed by atoms with Crippen LogP contribution in [0.5, 0.6) is 0 Å². The Balaban J connectivity index is 2.10. The highest BCUT2D eigenvalue weighted by atomic mass is 14.6. The number of nitrogens with two attached hydrogens (primary N) is 1. The average Bonchev–Trinajstić information content (AvgIpc) is 2.40. The van der Waals surface area contributed by atoms with Gasteiger partial charge in [-0.15, -0.1) is 0 Å². The van der Waals surface area contributed by atoms with Crippen molar-refractivity contribution in [1.29, 1.82) is 0 Å². The standard InChI is InChI=1S/C8H17N/c1-6(5-7(2)9)8-3-4-8/h6-8H,3-5,9H2,1-2H3/t6?,7-/m0/s1. The van der Waals surface area contributed by atoms with Crippen molar-refractivity contribution in [3.8, 4) is 0 Å². The second-order valence-electron chi connectivity index (χ2n) is 3.53. The lowest BCUT2D eigenvalue weighted by molar-refractivity contribution is 0.433. The van der Waals surface area contributed by atoms with Gasteiger partial charge in [0.25, 0.3) is 0 Å². The first-order valence-corrected chi connectivity index (χ1v) is 3.95. The Morgan fingerprint density at radius 2 is 2.00 bits per heavy atom. The molecule has 1 saturated carbocycles. The van der Waals surface area contributed by atoms with Crippen molar-refractivity contribution < 1.29 is 0 Å². The summed E-state index contributed by atoms with van der Waals surface area (Å²) in [6.45, 7) is 4.42. The minimum Gasteiger partial charge on any atom is -0.328 e. The minimum atomic E-state index is 0.403. The van der Waals surface area contributed by atoms with Crippen molar-refractivity contribution in [1.82, 2.24) is 0 Å². The van der Waals surface area contributed by atoms with Gasteiger partial charge in [0.05, 0.1) is 0 Å². The van der Waals surface area contributed by atoms with Gasteiger partial charge in [-0.3, -0.25) is 0 Å². The molecular formula is C8H17N. The van der Waals surface area contributed by atoms with Crippen molar-refractivity contribution >= 4 is 0 Å². The molecule has 0 amide bonds. The number of rotatable bonds is 3.